The number of hydrogen-bond acceptors (Lipinski definition) is 3. The van der Waals surface area contributed by atoms with E-state index in [-0.39, 0.29) is 6.10 Å². The molecular formula is C7H12O3. The van der Waals surface area contributed by atoms with Crippen LogP contribution in [0.5, 0.6) is 0 Å². The van der Waals surface area contributed by atoms with Crippen LogP contribution in [-0.4, -0.2) is 35.6 Å². The number of aliphatic hydroxyl groups is 2. The van der Waals surface area contributed by atoms with Crippen LogP contribution in [0.15, 0.2) is 12.2 Å². The Morgan fingerprint density at radius 2 is 2.10 bits per heavy atom. The fraction of sp³-hybridized carbons (Fsp3) is 0.714. The van der Waals surface area contributed by atoms with Crippen molar-refractivity contribution in [3.63, 3.8) is 0 Å². The Morgan fingerprint density at radius 1 is 1.40 bits per heavy atom. The average molecular weight is 144 g/mol. The molecule has 0 saturated heterocycles. The molecule has 0 aromatic carbocycles. The largest absolute Gasteiger partial charge is 0.390 e. The summed E-state index contributed by atoms with van der Waals surface area (Å²) in [6.07, 6.45) is 2.37. The molecule has 3 nitrogen and oxygen atoms in total. The van der Waals surface area contributed by atoms with Gasteiger partial charge >= 0.3 is 0 Å². The maximum atomic E-state index is 9.10. The molecule has 3 atom stereocenters. The molecule has 1 aliphatic carbocycles. The summed E-state index contributed by atoms with van der Waals surface area (Å²) in [5.41, 5.74) is 0. The lowest BCUT2D eigenvalue weighted by atomic mass is 10.00. The van der Waals surface area contributed by atoms with Gasteiger partial charge in [0.1, 0.15) is 0 Å². The lowest BCUT2D eigenvalue weighted by Gasteiger charge is -2.23. The Kier molecular flexibility index (Phi) is 2.43. The van der Waals surface area contributed by atoms with Crippen LogP contribution in [0.4, 0.5) is 0 Å². The maximum Gasteiger partial charge on any atom is 0.0981 e. The van der Waals surface area contributed by atoms with Crippen molar-refractivity contribution in [3.05, 3.63) is 12.2 Å². The van der Waals surface area contributed by atoms with Crippen molar-refractivity contribution in [2.45, 2.75) is 24.7 Å². The summed E-state index contributed by atoms with van der Waals surface area (Å²) in [7, 11) is 1.58. The first kappa shape index (κ1) is 7.72. The molecule has 0 saturated carbocycles. The molecule has 10 heavy (non-hydrogen) atoms. The number of hydrogen-bond donors (Lipinski definition) is 2. The highest BCUT2D eigenvalue weighted by molar-refractivity contribution is 5.03. The minimum atomic E-state index is -0.716. The van der Waals surface area contributed by atoms with Crippen molar-refractivity contribution in [3.8, 4) is 0 Å². The highest BCUT2D eigenvalue weighted by Crippen LogP contribution is 2.13. The van der Waals surface area contributed by atoms with Crippen LogP contribution in [0.25, 0.3) is 0 Å². The summed E-state index contributed by atoms with van der Waals surface area (Å²) in [5, 5.41) is 18.1. The average Bonchev–Trinajstić information content (AvgIpc) is 1.95. The zero-order chi connectivity index (χ0) is 7.56. The van der Waals surface area contributed by atoms with Gasteiger partial charge in [-0.2, -0.15) is 0 Å². The standard InChI is InChI=1S/C7H12O3/c1-10-5-2-3-6(8)7(9)4-5/h2-3,5-9H,4H2,1H3. The van der Waals surface area contributed by atoms with E-state index in [1.54, 1.807) is 19.3 Å². The van der Waals surface area contributed by atoms with E-state index in [1.165, 1.54) is 0 Å². The Hall–Kier alpha value is -0.380. The van der Waals surface area contributed by atoms with Gasteiger partial charge in [0, 0.05) is 13.5 Å². The molecule has 0 heterocycles. The number of rotatable bonds is 1. The van der Waals surface area contributed by atoms with Gasteiger partial charge in [-0.25, -0.2) is 0 Å². The fourth-order valence-corrected chi connectivity index (χ4v) is 0.997. The molecule has 0 aromatic heterocycles. The van der Waals surface area contributed by atoms with Crippen molar-refractivity contribution < 1.29 is 14.9 Å². The molecule has 0 fully saturated rings. The second-order valence-corrected chi connectivity index (χ2v) is 2.45. The van der Waals surface area contributed by atoms with Crippen molar-refractivity contribution in [2.24, 2.45) is 0 Å². The van der Waals surface area contributed by atoms with Gasteiger partial charge in [0.2, 0.25) is 0 Å². The van der Waals surface area contributed by atoms with Gasteiger partial charge < -0.3 is 14.9 Å². The smallest absolute Gasteiger partial charge is 0.0981 e. The summed E-state index contributed by atoms with van der Waals surface area (Å²) in [4.78, 5) is 0. The molecule has 3 unspecified atom stereocenters. The quantitative estimate of drug-likeness (QED) is 0.496. The number of ether oxygens (including phenoxy) is 1. The molecule has 3 heteroatoms. The van der Waals surface area contributed by atoms with Crippen LogP contribution < -0.4 is 0 Å². The van der Waals surface area contributed by atoms with Crippen molar-refractivity contribution in [1.29, 1.82) is 0 Å². The van der Waals surface area contributed by atoms with Crippen LogP contribution in [-0.2, 0) is 4.74 Å². The summed E-state index contributed by atoms with van der Waals surface area (Å²) in [5.74, 6) is 0. The summed E-state index contributed by atoms with van der Waals surface area (Å²) in [6, 6.07) is 0. The first-order chi connectivity index (χ1) is 4.74. The van der Waals surface area contributed by atoms with Crippen LogP contribution in [0, 0.1) is 0 Å². The Balaban J connectivity index is 2.51. The predicted molar refractivity (Wildman–Crippen MR) is 36.6 cm³/mol. The van der Waals surface area contributed by atoms with E-state index in [9.17, 15) is 0 Å². The van der Waals surface area contributed by atoms with Crippen LogP contribution in [0.2, 0.25) is 0 Å². The number of methoxy groups -OCH3 is 1. The lowest BCUT2D eigenvalue weighted by Crippen LogP contribution is -2.32. The van der Waals surface area contributed by atoms with Crippen LogP contribution in [0.3, 0.4) is 0 Å². The summed E-state index contributed by atoms with van der Waals surface area (Å²) < 4.78 is 4.95. The molecule has 0 bridgehead atoms. The maximum absolute atomic E-state index is 9.10. The molecule has 0 amide bonds. The van der Waals surface area contributed by atoms with E-state index in [2.05, 4.69) is 0 Å². The number of aliphatic hydroxyl groups excluding tert-OH is 2. The molecule has 0 radical (unpaired) electrons. The topological polar surface area (TPSA) is 49.7 Å². The van der Waals surface area contributed by atoms with Crippen molar-refractivity contribution in [1.82, 2.24) is 0 Å². The second kappa shape index (κ2) is 3.14. The Labute approximate surface area is 59.9 Å². The van der Waals surface area contributed by atoms with Gasteiger partial charge in [0.05, 0.1) is 18.3 Å². The second-order valence-electron chi connectivity index (χ2n) is 2.45. The summed E-state index contributed by atoms with van der Waals surface area (Å²) >= 11 is 0. The SMILES string of the molecule is COC1C=CC(O)C(O)C1. The predicted octanol–water partition coefficient (Wildman–Crippen LogP) is -0.317. The van der Waals surface area contributed by atoms with Crippen molar-refractivity contribution in [2.75, 3.05) is 7.11 Å². The van der Waals surface area contributed by atoms with Gasteiger partial charge in [-0.15, -0.1) is 0 Å². The lowest BCUT2D eigenvalue weighted by molar-refractivity contribution is -0.00122. The van der Waals surface area contributed by atoms with E-state index >= 15 is 0 Å². The Morgan fingerprint density at radius 3 is 2.60 bits per heavy atom. The third-order valence-electron chi connectivity index (χ3n) is 1.69. The zero-order valence-electron chi connectivity index (χ0n) is 5.90. The van der Waals surface area contributed by atoms with Crippen LogP contribution >= 0.6 is 0 Å². The summed E-state index contributed by atoms with van der Waals surface area (Å²) in [6.45, 7) is 0. The molecule has 2 N–H and O–H groups in total. The molecule has 58 valence electrons. The highest BCUT2D eigenvalue weighted by atomic mass is 16.5. The van der Waals surface area contributed by atoms with E-state index < -0.39 is 12.2 Å². The molecule has 1 rings (SSSR count). The minimum absolute atomic E-state index is 0.0431. The molecule has 0 aliphatic heterocycles. The first-order valence-corrected chi connectivity index (χ1v) is 3.31. The highest BCUT2D eigenvalue weighted by Gasteiger charge is 2.21. The third kappa shape index (κ3) is 1.56. The zero-order valence-corrected chi connectivity index (χ0v) is 5.90. The van der Waals surface area contributed by atoms with E-state index in [0.717, 1.165) is 0 Å². The van der Waals surface area contributed by atoms with Gasteiger partial charge in [-0.1, -0.05) is 12.2 Å². The third-order valence-corrected chi connectivity index (χ3v) is 1.69. The monoisotopic (exact) mass is 144 g/mol. The van der Waals surface area contributed by atoms with Gasteiger partial charge in [-0.05, 0) is 0 Å². The van der Waals surface area contributed by atoms with Crippen LogP contribution in [0.1, 0.15) is 6.42 Å². The molecule has 0 aromatic rings. The molecular weight excluding hydrogens is 132 g/mol. The van der Waals surface area contributed by atoms with E-state index in [1.807, 2.05) is 0 Å². The van der Waals surface area contributed by atoms with E-state index in [4.69, 9.17) is 14.9 Å². The first-order valence-electron chi connectivity index (χ1n) is 3.31. The molecule has 1 aliphatic rings. The van der Waals surface area contributed by atoms with Gasteiger partial charge in [0.15, 0.2) is 0 Å². The van der Waals surface area contributed by atoms with E-state index in [0.29, 0.717) is 6.42 Å². The van der Waals surface area contributed by atoms with Crippen molar-refractivity contribution >= 4 is 0 Å². The minimum Gasteiger partial charge on any atom is -0.390 e. The van der Waals surface area contributed by atoms with Gasteiger partial charge in [0.25, 0.3) is 0 Å². The Bertz CT molecular complexity index is 133. The normalized spacial score (nSPS) is 40.1. The fourth-order valence-electron chi connectivity index (χ4n) is 0.997. The molecule has 0 spiro atoms. The van der Waals surface area contributed by atoms with Gasteiger partial charge in [-0.3, -0.25) is 0 Å².